The summed E-state index contributed by atoms with van der Waals surface area (Å²) in [6.45, 7) is 2.95. The Labute approximate surface area is 145 Å². The molecule has 0 saturated carbocycles. The summed E-state index contributed by atoms with van der Waals surface area (Å²) in [5, 5.41) is 4.54. The fraction of sp³-hybridized carbons (Fsp3) is 0.471. The molecule has 1 fully saturated rings. The molecule has 2 heterocycles. The van der Waals surface area contributed by atoms with E-state index >= 15 is 0 Å². The van der Waals surface area contributed by atoms with E-state index in [9.17, 15) is 4.79 Å². The Balaban J connectivity index is 1.49. The molecule has 6 nitrogen and oxygen atoms in total. The number of rotatable bonds is 6. The second-order valence-corrected chi connectivity index (χ2v) is 6.21. The SMILES string of the molecule is Cc1nc([C@@H]2CCCN2C(=O)CCCOc2ccccc2Cl)no1. The van der Waals surface area contributed by atoms with Crippen molar-refractivity contribution >= 4 is 17.5 Å². The number of likely N-dealkylation sites (tertiary alicyclic amines) is 1. The van der Waals surface area contributed by atoms with E-state index in [-0.39, 0.29) is 11.9 Å². The highest BCUT2D eigenvalue weighted by Crippen LogP contribution is 2.31. The summed E-state index contributed by atoms with van der Waals surface area (Å²) in [7, 11) is 0. The summed E-state index contributed by atoms with van der Waals surface area (Å²) in [5.74, 6) is 1.87. The molecule has 0 unspecified atom stereocenters. The molecule has 1 aromatic carbocycles. The van der Waals surface area contributed by atoms with Crippen LogP contribution in [0, 0.1) is 6.92 Å². The molecule has 0 radical (unpaired) electrons. The minimum atomic E-state index is -0.0700. The summed E-state index contributed by atoms with van der Waals surface area (Å²) in [6, 6.07) is 7.25. The number of nitrogens with zero attached hydrogens (tertiary/aromatic N) is 3. The van der Waals surface area contributed by atoms with Gasteiger partial charge < -0.3 is 14.2 Å². The van der Waals surface area contributed by atoms with E-state index in [1.807, 2.05) is 23.1 Å². The number of hydrogen-bond acceptors (Lipinski definition) is 5. The van der Waals surface area contributed by atoms with Crippen LogP contribution in [0.5, 0.6) is 5.75 Å². The van der Waals surface area contributed by atoms with Gasteiger partial charge in [-0.1, -0.05) is 28.9 Å². The molecule has 128 valence electrons. The monoisotopic (exact) mass is 349 g/mol. The first-order valence-corrected chi connectivity index (χ1v) is 8.50. The van der Waals surface area contributed by atoms with Gasteiger partial charge in [-0.3, -0.25) is 4.79 Å². The van der Waals surface area contributed by atoms with E-state index in [2.05, 4.69) is 10.1 Å². The molecular formula is C17H20ClN3O3. The van der Waals surface area contributed by atoms with Crippen LogP contribution in [0.1, 0.15) is 43.4 Å². The van der Waals surface area contributed by atoms with E-state index in [1.165, 1.54) is 0 Å². The molecule has 1 aliphatic rings. The van der Waals surface area contributed by atoms with E-state index in [0.717, 1.165) is 19.4 Å². The smallest absolute Gasteiger partial charge is 0.223 e. The average Bonchev–Trinajstić information content (AvgIpc) is 3.21. The van der Waals surface area contributed by atoms with Crippen molar-refractivity contribution in [2.75, 3.05) is 13.2 Å². The normalized spacial score (nSPS) is 17.2. The number of amides is 1. The molecule has 7 heteroatoms. The van der Waals surface area contributed by atoms with Crippen molar-refractivity contribution in [1.82, 2.24) is 15.0 Å². The minimum absolute atomic E-state index is 0.0700. The van der Waals surface area contributed by atoms with Crippen LogP contribution in [-0.4, -0.2) is 34.1 Å². The van der Waals surface area contributed by atoms with E-state index in [1.54, 1.807) is 13.0 Å². The van der Waals surface area contributed by atoms with Crippen molar-refractivity contribution in [2.24, 2.45) is 0 Å². The number of para-hydroxylation sites is 1. The lowest BCUT2D eigenvalue weighted by atomic mass is 10.2. The number of carbonyl (C=O) groups excluding carboxylic acids is 1. The molecule has 0 bridgehead atoms. The third kappa shape index (κ3) is 3.87. The lowest BCUT2D eigenvalue weighted by Gasteiger charge is -2.22. The van der Waals surface area contributed by atoms with Gasteiger partial charge in [0.1, 0.15) is 5.75 Å². The fourth-order valence-electron chi connectivity index (χ4n) is 2.89. The third-order valence-electron chi connectivity index (χ3n) is 4.04. The maximum atomic E-state index is 12.5. The zero-order valence-electron chi connectivity index (χ0n) is 13.6. The van der Waals surface area contributed by atoms with Crippen molar-refractivity contribution in [1.29, 1.82) is 0 Å². The summed E-state index contributed by atoms with van der Waals surface area (Å²) in [6.07, 6.45) is 2.90. The number of ether oxygens (including phenoxy) is 1. The lowest BCUT2D eigenvalue weighted by Crippen LogP contribution is -2.31. The van der Waals surface area contributed by atoms with Crippen molar-refractivity contribution in [2.45, 2.75) is 38.6 Å². The van der Waals surface area contributed by atoms with Crippen LogP contribution in [0.4, 0.5) is 0 Å². The first kappa shape index (κ1) is 16.8. The van der Waals surface area contributed by atoms with Crippen LogP contribution in [0.2, 0.25) is 5.02 Å². The van der Waals surface area contributed by atoms with Gasteiger partial charge in [0, 0.05) is 19.9 Å². The van der Waals surface area contributed by atoms with Gasteiger partial charge >= 0.3 is 0 Å². The van der Waals surface area contributed by atoms with Gasteiger partial charge in [0.05, 0.1) is 17.7 Å². The van der Waals surface area contributed by atoms with E-state index < -0.39 is 0 Å². The minimum Gasteiger partial charge on any atom is -0.492 e. The van der Waals surface area contributed by atoms with Gasteiger partial charge in [-0.25, -0.2) is 0 Å². The highest BCUT2D eigenvalue weighted by atomic mass is 35.5. The maximum Gasteiger partial charge on any atom is 0.223 e. The standard InChI is InChI=1S/C17H20ClN3O3/c1-12-19-17(20-24-12)14-7-4-10-21(14)16(22)9-5-11-23-15-8-3-2-6-13(15)18/h2-3,6,8,14H,4-5,7,9-11H2,1H3/t14-/m0/s1. The molecule has 24 heavy (non-hydrogen) atoms. The Bertz CT molecular complexity index is 704. The zero-order chi connectivity index (χ0) is 16.9. The highest BCUT2D eigenvalue weighted by molar-refractivity contribution is 6.32. The maximum absolute atomic E-state index is 12.5. The van der Waals surface area contributed by atoms with Gasteiger partial charge in [0.15, 0.2) is 5.82 Å². The van der Waals surface area contributed by atoms with Crippen LogP contribution < -0.4 is 4.74 Å². The quantitative estimate of drug-likeness (QED) is 0.746. The predicted molar refractivity (Wildman–Crippen MR) is 88.9 cm³/mol. The molecule has 1 aliphatic heterocycles. The molecule has 1 saturated heterocycles. The highest BCUT2D eigenvalue weighted by Gasteiger charge is 2.32. The second-order valence-electron chi connectivity index (χ2n) is 5.80. The molecule has 2 aromatic rings. The molecule has 1 atom stereocenters. The first-order chi connectivity index (χ1) is 11.6. The number of hydrogen-bond donors (Lipinski definition) is 0. The average molecular weight is 350 g/mol. The number of halogens is 1. The predicted octanol–water partition coefficient (Wildman–Crippen LogP) is 3.55. The van der Waals surface area contributed by atoms with Crippen LogP contribution >= 0.6 is 11.6 Å². The number of aryl methyl sites for hydroxylation is 1. The molecular weight excluding hydrogens is 330 g/mol. The molecule has 0 aliphatic carbocycles. The number of benzene rings is 1. The second kappa shape index (κ2) is 7.66. The summed E-state index contributed by atoms with van der Waals surface area (Å²) >= 11 is 6.04. The Morgan fingerprint density at radius 1 is 1.46 bits per heavy atom. The molecule has 3 rings (SSSR count). The van der Waals surface area contributed by atoms with Crippen LogP contribution in [0.15, 0.2) is 28.8 Å². The topological polar surface area (TPSA) is 68.5 Å². The number of aromatic nitrogens is 2. The van der Waals surface area contributed by atoms with Gasteiger partial charge in [0.25, 0.3) is 0 Å². The van der Waals surface area contributed by atoms with E-state index in [4.69, 9.17) is 20.9 Å². The third-order valence-corrected chi connectivity index (χ3v) is 4.36. The van der Waals surface area contributed by atoms with Gasteiger partial charge in [0.2, 0.25) is 11.8 Å². The Morgan fingerprint density at radius 3 is 3.04 bits per heavy atom. The molecule has 1 amide bonds. The van der Waals surface area contributed by atoms with Crippen LogP contribution in [-0.2, 0) is 4.79 Å². The Morgan fingerprint density at radius 2 is 2.29 bits per heavy atom. The van der Waals surface area contributed by atoms with Crippen molar-refractivity contribution in [3.05, 3.63) is 41.0 Å². The molecule has 1 aromatic heterocycles. The number of carbonyl (C=O) groups is 1. The summed E-state index contributed by atoms with van der Waals surface area (Å²) in [4.78, 5) is 18.6. The van der Waals surface area contributed by atoms with Crippen LogP contribution in [0.25, 0.3) is 0 Å². The lowest BCUT2D eigenvalue weighted by molar-refractivity contribution is -0.132. The summed E-state index contributed by atoms with van der Waals surface area (Å²) < 4.78 is 10.7. The van der Waals surface area contributed by atoms with E-state index in [0.29, 0.717) is 41.9 Å². The fourth-order valence-corrected chi connectivity index (χ4v) is 3.09. The van der Waals surface area contributed by atoms with Gasteiger partial charge in [-0.15, -0.1) is 0 Å². The zero-order valence-corrected chi connectivity index (χ0v) is 14.3. The van der Waals surface area contributed by atoms with Crippen molar-refractivity contribution in [3.63, 3.8) is 0 Å². The summed E-state index contributed by atoms with van der Waals surface area (Å²) in [5.41, 5.74) is 0. The largest absolute Gasteiger partial charge is 0.492 e. The van der Waals surface area contributed by atoms with Crippen molar-refractivity contribution in [3.8, 4) is 5.75 Å². The van der Waals surface area contributed by atoms with Gasteiger partial charge in [-0.2, -0.15) is 4.98 Å². The Hall–Kier alpha value is -2.08. The first-order valence-electron chi connectivity index (χ1n) is 8.12. The van der Waals surface area contributed by atoms with Crippen LogP contribution in [0.3, 0.4) is 0 Å². The van der Waals surface area contributed by atoms with Crippen molar-refractivity contribution < 1.29 is 14.1 Å². The molecule has 0 spiro atoms. The van der Waals surface area contributed by atoms with Gasteiger partial charge in [-0.05, 0) is 31.4 Å². The molecule has 0 N–H and O–H groups in total. The Kier molecular flexibility index (Phi) is 5.35.